The summed E-state index contributed by atoms with van der Waals surface area (Å²) in [4.78, 5) is 31.7. The number of likely N-dealkylation sites (tertiary alicyclic amines) is 1. The summed E-state index contributed by atoms with van der Waals surface area (Å²) in [6, 6.07) is 1.83. The zero-order valence-corrected chi connectivity index (χ0v) is 17.6. The molecule has 1 aromatic heterocycles. The van der Waals surface area contributed by atoms with Crippen molar-refractivity contribution in [3.8, 4) is 0 Å². The molecule has 0 saturated carbocycles. The molecule has 3 heterocycles. The van der Waals surface area contributed by atoms with Crippen LogP contribution < -0.4 is 10.2 Å². The lowest BCUT2D eigenvalue weighted by Crippen LogP contribution is -2.53. The average molecular weight is 473 g/mol. The second-order valence-corrected chi connectivity index (χ2v) is 6.28. The molecule has 2 fully saturated rings. The molecule has 1 N–H and O–H groups in total. The van der Waals surface area contributed by atoms with Crippen LogP contribution in [-0.4, -0.2) is 84.0 Å². The fourth-order valence-corrected chi connectivity index (χ4v) is 3.21. The molecule has 3 rings (SSSR count). The Hall–Kier alpha value is -1.65. The summed E-state index contributed by atoms with van der Waals surface area (Å²) in [5, 5.41) is 3.31. The van der Waals surface area contributed by atoms with Crippen LogP contribution in [0.25, 0.3) is 0 Å². The van der Waals surface area contributed by atoms with Gasteiger partial charge < -0.3 is 20.0 Å². The summed E-state index contributed by atoms with van der Waals surface area (Å²) in [7, 11) is 0. The molecule has 1 amide bonds. The topological polar surface area (TPSA) is 77.0 Å². The van der Waals surface area contributed by atoms with Gasteiger partial charge in [-0.15, -0.1) is 24.0 Å². The molecule has 0 aromatic carbocycles. The summed E-state index contributed by atoms with van der Waals surface area (Å²) >= 11 is 0. The van der Waals surface area contributed by atoms with Gasteiger partial charge in [0.25, 0.3) is 0 Å². The van der Waals surface area contributed by atoms with Gasteiger partial charge in [0.1, 0.15) is 6.54 Å². The van der Waals surface area contributed by atoms with E-state index in [0.717, 1.165) is 70.6 Å². The molecule has 9 heteroatoms. The van der Waals surface area contributed by atoms with Gasteiger partial charge in [0.05, 0.1) is 0 Å². The predicted octanol–water partition coefficient (Wildman–Crippen LogP) is 0.805. The van der Waals surface area contributed by atoms with Crippen molar-refractivity contribution in [1.82, 2.24) is 25.1 Å². The van der Waals surface area contributed by atoms with Gasteiger partial charge in [-0.1, -0.05) is 0 Å². The lowest BCUT2D eigenvalue weighted by molar-refractivity contribution is -0.128. The molecule has 2 aliphatic rings. The number of rotatable bonds is 4. The van der Waals surface area contributed by atoms with Crippen LogP contribution >= 0.6 is 24.0 Å². The van der Waals surface area contributed by atoms with Crippen LogP contribution in [0.4, 0.5) is 5.95 Å². The Kier molecular flexibility index (Phi) is 8.33. The van der Waals surface area contributed by atoms with E-state index >= 15 is 0 Å². The standard InChI is InChI=1S/C17H27N7O.HI/c1-2-18-16(21-14-15(25)22-8-3-4-9-22)23-10-12-24(13-11-23)17-19-6-5-7-20-17;/h5-7H,2-4,8-14H2,1H3,(H,18,21);1H. The minimum absolute atomic E-state index is 0. The predicted molar refractivity (Wildman–Crippen MR) is 113 cm³/mol. The van der Waals surface area contributed by atoms with E-state index in [2.05, 4.69) is 30.1 Å². The monoisotopic (exact) mass is 473 g/mol. The number of carbonyl (C=O) groups is 1. The number of anilines is 1. The molecule has 8 nitrogen and oxygen atoms in total. The van der Waals surface area contributed by atoms with Crippen LogP contribution in [-0.2, 0) is 4.79 Å². The Labute approximate surface area is 172 Å². The van der Waals surface area contributed by atoms with Crippen molar-refractivity contribution in [3.63, 3.8) is 0 Å². The van der Waals surface area contributed by atoms with Crippen LogP contribution in [0.2, 0.25) is 0 Å². The molecular formula is C17H28IN7O. The highest BCUT2D eigenvalue weighted by Gasteiger charge is 2.22. The third-order valence-electron chi connectivity index (χ3n) is 4.57. The van der Waals surface area contributed by atoms with E-state index in [1.807, 2.05) is 17.9 Å². The molecule has 0 bridgehead atoms. The van der Waals surface area contributed by atoms with E-state index < -0.39 is 0 Å². The Balaban J connectivity index is 0.00000243. The van der Waals surface area contributed by atoms with E-state index in [1.54, 1.807) is 12.4 Å². The van der Waals surface area contributed by atoms with Crippen LogP contribution in [0, 0.1) is 0 Å². The maximum absolute atomic E-state index is 12.2. The summed E-state index contributed by atoms with van der Waals surface area (Å²) in [5.74, 6) is 1.72. The number of nitrogens with zero attached hydrogens (tertiary/aromatic N) is 6. The van der Waals surface area contributed by atoms with Gasteiger partial charge in [0.15, 0.2) is 5.96 Å². The van der Waals surface area contributed by atoms with Gasteiger partial charge >= 0.3 is 0 Å². The maximum atomic E-state index is 12.2. The van der Waals surface area contributed by atoms with Gasteiger partial charge in [-0.3, -0.25) is 4.79 Å². The highest BCUT2D eigenvalue weighted by molar-refractivity contribution is 14.0. The van der Waals surface area contributed by atoms with Crippen molar-refractivity contribution in [3.05, 3.63) is 18.5 Å². The van der Waals surface area contributed by atoms with E-state index in [0.29, 0.717) is 0 Å². The van der Waals surface area contributed by atoms with Crippen LogP contribution in [0.1, 0.15) is 19.8 Å². The van der Waals surface area contributed by atoms with E-state index in [-0.39, 0.29) is 36.4 Å². The van der Waals surface area contributed by atoms with E-state index in [1.165, 1.54) is 0 Å². The number of halogens is 1. The molecule has 0 aliphatic carbocycles. The lowest BCUT2D eigenvalue weighted by atomic mass is 10.3. The number of aromatic nitrogens is 2. The van der Waals surface area contributed by atoms with Crippen LogP contribution in [0.3, 0.4) is 0 Å². The summed E-state index contributed by atoms with van der Waals surface area (Å²) < 4.78 is 0. The van der Waals surface area contributed by atoms with E-state index in [9.17, 15) is 4.79 Å². The van der Waals surface area contributed by atoms with Gasteiger partial charge in [0.2, 0.25) is 11.9 Å². The Bertz CT molecular complexity index is 584. The van der Waals surface area contributed by atoms with E-state index in [4.69, 9.17) is 0 Å². The normalized spacial score (nSPS) is 17.9. The smallest absolute Gasteiger partial charge is 0.244 e. The molecule has 144 valence electrons. The highest BCUT2D eigenvalue weighted by Crippen LogP contribution is 2.10. The molecule has 0 radical (unpaired) electrons. The third-order valence-corrected chi connectivity index (χ3v) is 4.57. The highest BCUT2D eigenvalue weighted by atomic mass is 127. The van der Waals surface area contributed by atoms with Crippen molar-refractivity contribution in [2.24, 2.45) is 4.99 Å². The number of carbonyl (C=O) groups excluding carboxylic acids is 1. The fraction of sp³-hybridized carbons (Fsp3) is 0.647. The summed E-state index contributed by atoms with van der Waals surface area (Å²) in [6.45, 7) is 8.17. The Morgan fingerprint density at radius 3 is 2.35 bits per heavy atom. The second kappa shape index (κ2) is 10.5. The molecule has 0 spiro atoms. The molecule has 2 aliphatic heterocycles. The van der Waals surface area contributed by atoms with Crippen molar-refractivity contribution in [2.75, 3.05) is 57.3 Å². The first-order valence-corrected chi connectivity index (χ1v) is 9.11. The second-order valence-electron chi connectivity index (χ2n) is 6.28. The van der Waals surface area contributed by atoms with Gasteiger partial charge in [-0.25, -0.2) is 15.0 Å². The zero-order chi connectivity index (χ0) is 17.5. The van der Waals surface area contributed by atoms with Crippen molar-refractivity contribution < 1.29 is 4.79 Å². The van der Waals surface area contributed by atoms with Crippen LogP contribution in [0.15, 0.2) is 23.5 Å². The summed E-state index contributed by atoms with van der Waals surface area (Å²) in [5.41, 5.74) is 0. The molecule has 0 unspecified atom stereocenters. The number of guanidine groups is 1. The Morgan fingerprint density at radius 2 is 1.73 bits per heavy atom. The van der Waals surface area contributed by atoms with Crippen molar-refractivity contribution >= 4 is 41.8 Å². The molecule has 2 saturated heterocycles. The lowest BCUT2D eigenvalue weighted by Gasteiger charge is -2.36. The van der Waals surface area contributed by atoms with Crippen molar-refractivity contribution in [1.29, 1.82) is 0 Å². The van der Waals surface area contributed by atoms with Gasteiger partial charge in [-0.05, 0) is 25.8 Å². The number of hydrogen-bond acceptors (Lipinski definition) is 5. The number of piperazine rings is 1. The first-order valence-electron chi connectivity index (χ1n) is 9.11. The summed E-state index contributed by atoms with van der Waals surface area (Å²) in [6.07, 6.45) is 5.76. The number of hydrogen-bond donors (Lipinski definition) is 1. The number of nitrogens with one attached hydrogen (secondary N) is 1. The SMILES string of the molecule is CCNC(=NCC(=O)N1CCCC1)N1CCN(c2ncccn2)CC1.I. The zero-order valence-electron chi connectivity index (χ0n) is 15.3. The Morgan fingerprint density at radius 1 is 1.08 bits per heavy atom. The first kappa shape index (κ1) is 20.7. The molecule has 1 aromatic rings. The third kappa shape index (κ3) is 5.42. The van der Waals surface area contributed by atoms with Crippen molar-refractivity contribution in [2.45, 2.75) is 19.8 Å². The maximum Gasteiger partial charge on any atom is 0.244 e. The first-order chi connectivity index (χ1) is 12.3. The number of amides is 1. The quantitative estimate of drug-likeness (QED) is 0.396. The minimum Gasteiger partial charge on any atom is -0.357 e. The minimum atomic E-state index is 0. The molecular weight excluding hydrogens is 445 g/mol. The van der Waals surface area contributed by atoms with Crippen LogP contribution in [0.5, 0.6) is 0 Å². The number of aliphatic imine (C=N–C) groups is 1. The fourth-order valence-electron chi connectivity index (χ4n) is 3.21. The van der Waals surface area contributed by atoms with Gasteiger partial charge in [-0.2, -0.15) is 0 Å². The van der Waals surface area contributed by atoms with Gasteiger partial charge in [0, 0.05) is 58.2 Å². The molecule has 26 heavy (non-hydrogen) atoms. The average Bonchev–Trinajstić information content (AvgIpc) is 3.21. The molecule has 0 atom stereocenters. The largest absolute Gasteiger partial charge is 0.357 e.